The van der Waals surface area contributed by atoms with Crippen molar-refractivity contribution in [2.24, 2.45) is 0 Å². The van der Waals surface area contributed by atoms with Crippen LogP contribution in [0.2, 0.25) is 36.3 Å². The van der Waals surface area contributed by atoms with E-state index in [0.29, 0.717) is 38.7 Å². The van der Waals surface area contributed by atoms with E-state index in [-0.39, 0.29) is 72.9 Å². The summed E-state index contributed by atoms with van der Waals surface area (Å²) in [5.74, 6) is 0.917. The van der Waals surface area contributed by atoms with Crippen molar-refractivity contribution in [3.05, 3.63) is 11.9 Å². The summed E-state index contributed by atoms with van der Waals surface area (Å²) >= 11 is 0. The first-order valence-corrected chi connectivity index (χ1v) is 39.3. The molecule has 0 aromatic rings. The van der Waals surface area contributed by atoms with E-state index in [1.165, 1.54) is 0 Å². The first kappa shape index (κ1) is 69.7. The van der Waals surface area contributed by atoms with Gasteiger partial charge in [-0.15, -0.1) is 0 Å². The molecular formula is C46H93B4N2O11P4Si2. The second-order valence-electron chi connectivity index (χ2n) is 23.8. The summed E-state index contributed by atoms with van der Waals surface area (Å²) in [5.41, 5.74) is 0.0877. The molecule has 0 aliphatic carbocycles. The predicted molar refractivity (Wildman–Crippen MR) is 299 cm³/mol. The maximum atomic E-state index is 12.3. The van der Waals surface area contributed by atoms with Crippen molar-refractivity contribution in [3.63, 3.8) is 0 Å². The van der Waals surface area contributed by atoms with Crippen LogP contribution in [0.5, 0.6) is 0 Å². The summed E-state index contributed by atoms with van der Waals surface area (Å²) in [6, 6.07) is 1.18. The Hall–Kier alpha value is 0.684. The molecule has 3 heterocycles. The van der Waals surface area contributed by atoms with Crippen LogP contribution in [-0.2, 0) is 45.8 Å². The van der Waals surface area contributed by atoms with Crippen molar-refractivity contribution in [2.75, 3.05) is 46.6 Å². The fourth-order valence-corrected chi connectivity index (χ4v) is 13.4. The van der Waals surface area contributed by atoms with Gasteiger partial charge in [-0.05, 0) is 116 Å². The zero-order chi connectivity index (χ0) is 53.2. The number of hydrogen-bond acceptors (Lipinski definition) is 13. The lowest BCUT2D eigenvalue weighted by Crippen LogP contribution is -2.46. The van der Waals surface area contributed by atoms with Gasteiger partial charge in [-0.1, -0.05) is 54.5 Å². The topological polar surface area (TPSA) is 163 Å². The van der Waals surface area contributed by atoms with Gasteiger partial charge in [0.25, 0.3) is 8.53 Å². The number of nitriles is 1. The molecule has 1 N–H and O–H groups in total. The second kappa shape index (κ2) is 28.7. The van der Waals surface area contributed by atoms with Crippen molar-refractivity contribution in [2.45, 2.75) is 229 Å². The molecule has 23 heteroatoms. The summed E-state index contributed by atoms with van der Waals surface area (Å²) in [7, 11) is 6.33. The van der Waals surface area contributed by atoms with E-state index in [2.05, 4.69) is 106 Å². The van der Waals surface area contributed by atoms with Gasteiger partial charge < -0.3 is 50.9 Å². The zero-order valence-corrected chi connectivity index (χ0v) is 52.2. The van der Waals surface area contributed by atoms with Crippen molar-refractivity contribution in [1.82, 2.24) is 4.67 Å². The van der Waals surface area contributed by atoms with E-state index in [4.69, 9.17) is 60.9 Å². The predicted octanol–water partition coefficient (Wildman–Crippen LogP) is 10.7. The highest BCUT2D eigenvalue weighted by Gasteiger charge is 2.45. The van der Waals surface area contributed by atoms with E-state index in [1.54, 1.807) is 32.5 Å². The molecule has 3 aliphatic heterocycles. The lowest BCUT2D eigenvalue weighted by atomic mass is 9.94. The smallest absolute Gasteiger partial charge is 0.259 e. The van der Waals surface area contributed by atoms with Gasteiger partial charge in [0, 0.05) is 69.8 Å². The summed E-state index contributed by atoms with van der Waals surface area (Å²) in [6.45, 7) is 43.0. The largest absolute Gasteiger partial charge is 0.412 e. The molecule has 0 amide bonds. The summed E-state index contributed by atoms with van der Waals surface area (Å²) in [6.07, 6.45) is 4.50. The number of aliphatic hydroxyl groups is 1. The van der Waals surface area contributed by atoms with Crippen LogP contribution < -0.4 is 0 Å². The van der Waals surface area contributed by atoms with Crippen LogP contribution >= 0.6 is 30.0 Å². The minimum atomic E-state index is -2.51. The van der Waals surface area contributed by atoms with Crippen LogP contribution in [0, 0.1) is 11.3 Å². The lowest BCUT2D eigenvalue weighted by Gasteiger charge is -2.39. The van der Waals surface area contributed by atoms with E-state index in [1.807, 2.05) is 26.3 Å². The molecule has 393 valence electrons. The normalized spacial score (nSPS) is 27.6. The monoisotopic (exact) mass is 1070 g/mol. The highest BCUT2D eigenvalue weighted by molar-refractivity contribution is 7.65. The van der Waals surface area contributed by atoms with E-state index in [0.717, 1.165) is 6.42 Å². The lowest BCUT2D eigenvalue weighted by molar-refractivity contribution is 0.0448. The van der Waals surface area contributed by atoms with Gasteiger partial charge in [-0.25, -0.2) is 4.67 Å². The first-order chi connectivity index (χ1) is 30.5. The Labute approximate surface area is 431 Å². The Kier molecular flexibility index (Phi) is 29.0. The maximum absolute atomic E-state index is 12.3. The average Bonchev–Trinajstić information content (AvgIpc) is 3.78. The first-order valence-electron chi connectivity index (χ1n) is 24.4. The third-order valence-electron chi connectivity index (χ3n) is 13.5. The molecule has 0 aromatic carbocycles. The molecule has 12 atom stereocenters. The van der Waals surface area contributed by atoms with Gasteiger partial charge in [-0.3, -0.25) is 0 Å². The van der Waals surface area contributed by atoms with Gasteiger partial charge in [0.2, 0.25) is 0 Å². The Morgan fingerprint density at radius 2 is 1.16 bits per heavy atom. The standard InChI is InChI=1S/C18H35BN2O4P2.C14H30BO4PSi.C14H28BO3PSi.B/c1-13(2)21(14(3)4)26(23-10-8-9-20)25-17-12-16(24-18(17)19)11-15(5)27(6,7)22;1-14(2,3)21(6,7)19-11-8-10(18-13(11)15)9-12(16)20(4,5)17;1-14(2,3)20(6,7)18-12-10-11(17-13(12)15)8-9-19(4,5)16;/h13-18H,8,10-12H2,1-7H3;10-13,16H,8-9H2,1-7H3;8-9,11-13H,10H2,1-7H3;/b;;9-8+;/t15?,16-,17?,18-,26?;10-,11?,12?,13+;11-,12?,13-;/m101./s1. The number of ether oxygens (including phenoxy) is 3. The van der Waals surface area contributed by atoms with Gasteiger partial charge in [0.1, 0.15) is 43.7 Å². The highest BCUT2D eigenvalue weighted by Crippen LogP contribution is 2.51. The van der Waals surface area contributed by atoms with Crippen LogP contribution in [0.1, 0.15) is 115 Å². The molecule has 3 saturated heterocycles. The Balaban J connectivity index is 0.00000101. The zero-order valence-electron chi connectivity index (χ0n) is 46.6. The van der Waals surface area contributed by atoms with E-state index < -0.39 is 70.4 Å². The van der Waals surface area contributed by atoms with Gasteiger partial charge in [-0.2, -0.15) is 5.26 Å². The SMILES string of the molecule is [B].[B][C@@H]1O[C@H](/C=C/P(C)(C)=O)CC1O[Si](C)(C)C(C)(C)C.[B][C@@H]1O[C@H](CC(C)P(C)(C)=O)CC1OP(OCCC#N)N(C(C)C)C(C)C.[B][C@@H]1O[C@H](CC(O)P(C)(C)=O)CC1O[Si](C)(C)C(C)(C)C. The summed E-state index contributed by atoms with van der Waals surface area (Å²) in [4.78, 5) is 0. The maximum Gasteiger partial charge on any atom is 0.259 e. The van der Waals surface area contributed by atoms with Crippen LogP contribution in [0.25, 0.3) is 0 Å². The van der Waals surface area contributed by atoms with E-state index in [9.17, 15) is 18.8 Å². The van der Waals surface area contributed by atoms with Crippen molar-refractivity contribution in [1.29, 1.82) is 5.26 Å². The van der Waals surface area contributed by atoms with Crippen molar-refractivity contribution < 1.29 is 50.9 Å². The Morgan fingerprint density at radius 1 is 0.739 bits per heavy atom. The Morgan fingerprint density at radius 3 is 1.57 bits per heavy atom. The third kappa shape index (κ3) is 24.5. The Bertz CT molecular complexity index is 1750. The van der Waals surface area contributed by atoms with E-state index >= 15 is 0 Å². The van der Waals surface area contributed by atoms with Crippen LogP contribution in [-0.4, -0.2) is 183 Å². The molecule has 0 saturated carbocycles. The minimum absolute atomic E-state index is 0. The molecule has 0 spiro atoms. The molecule has 6 unspecified atom stereocenters. The van der Waals surface area contributed by atoms with Crippen LogP contribution in [0.4, 0.5) is 0 Å². The quantitative estimate of drug-likeness (QED) is 0.0697. The number of rotatable bonds is 20. The number of hydrogen-bond donors (Lipinski definition) is 1. The average molecular weight is 1070 g/mol. The molecule has 0 aromatic heterocycles. The van der Waals surface area contributed by atoms with Gasteiger partial charge >= 0.3 is 0 Å². The highest BCUT2D eigenvalue weighted by atomic mass is 31.2. The molecular weight excluding hydrogens is 980 g/mol. The molecule has 3 rings (SSSR count). The number of aliphatic hydroxyl groups excluding tert-OH is 1. The third-order valence-corrected chi connectivity index (χ3v) is 29.5. The van der Waals surface area contributed by atoms with Gasteiger partial charge in [0.05, 0.1) is 62.9 Å². The number of nitrogens with zero attached hydrogens (tertiary/aromatic N) is 2. The van der Waals surface area contributed by atoms with Crippen LogP contribution in [0.3, 0.4) is 0 Å². The second-order valence-corrected chi connectivity index (χ2v) is 45.1. The van der Waals surface area contributed by atoms with Gasteiger partial charge in [0.15, 0.2) is 16.6 Å². The minimum Gasteiger partial charge on any atom is -0.412 e. The van der Waals surface area contributed by atoms with Crippen molar-refractivity contribution in [3.8, 4) is 6.07 Å². The molecule has 13 nitrogen and oxygen atoms in total. The fraction of sp³-hybridized carbons (Fsp3) is 0.935. The molecule has 0 bridgehead atoms. The molecule has 69 heavy (non-hydrogen) atoms. The molecule has 9 radical (unpaired) electrons. The molecule has 3 fully saturated rings. The molecule has 3 aliphatic rings. The summed E-state index contributed by atoms with van der Waals surface area (Å²) < 4.78 is 80.1. The summed E-state index contributed by atoms with van der Waals surface area (Å²) in [5, 5.41) is 19.0. The van der Waals surface area contributed by atoms with Crippen molar-refractivity contribution >= 4 is 78.5 Å². The fourth-order valence-electron chi connectivity index (χ4n) is 6.93. The van der Waals surface area contributed by atoms with Crippen LogP contribution in [0.15, 0.2) is 11.9 Å².